The maximum atomic E-state index is 12.9. The molecule has 2 aliphatic carbocycles. The number of pyridine rings is 1. The number of nitrogens with zero attached hydrogens (tertiary/aromatic N) is 2. The number of ether oxygens (including phenoxy) is 2. The van der Waals surface area contributed by atoms with E-state index in [1.54, 1.807) is 18.2 Å². The molecule has 154 valence electrons. The van der Waals surface area contributed by atoms with E-state index in [1.165, 1.54) is 18.4 Å². The number of esters is 1. The summed E-state index contributed by atoms with van der Waals surface area (Å²) >= 11 is 0. The van der Waals surface area contributed by atoms with Crippen LogP contribution in [0.3, 0.4) is 0 Å². The minimum atomic E-state index is -1.06. The first-order chi connectivity index (χ1) is 14.5. The topological polar surface area (TPSA) is 72.2 Å². The van der Waals surface area contributed by atoms with Gasteiger partial charge in [0.1, 0.15) is 11.8 Å². The Labute approximate surface area is 177 Å². The smallest absolute Gasteiger partial charge is 0.311 e. The Bertz CT molecular complexity index is 983. The Morgan fingerprint density at radius 1 is 1.17 bits per heavy atom. The molecule has 0 radical (unpaired) electrons. The molecule has 2 aliphatic rings. The first-order valence-corrected chi connectivity index (χ1v) is 10.5. The summed E-state index contributed by atoms with van der Waals surface area (Å²) in [7, 11) is 0. The number of allylic oxidation sites excluding steroid dienone is 2. The number of hydrogen-bond acceptors (Lipinski definition) is 5. The second-order valence-corrected chi connectivity index (χ2v) is 8.62. The predicted molar refractivity (Wildman–Crippen MR) is 113 cm³/mol. The summed E-state index contributed by atoms with van der Waals surface area (Å²) in [5.41, 5.74) is 1.68. The lowest BCUT2D eigenvalue weighted by Crippen LogP contribution is -2.15. The molecule has 0 bridgehead atoms. The number of rotatable bonds is 6. The van der Waals surface area contributed by atoms with Crippen molar-refractivity contribution in [1.82, 2.24) is 4.98 Å². The summed E-state index contributed by atoms with van der Waals surface area (Å²) in [6.07, 6.45) is 5.94. The van der Waals surface area contributed by atoms with Crippen molar-refractivity contribution in [2.45, 2.75) is 45.6 Å². The van der Waals surface area contributed by atoms with Crippen LogP contribution in [-0.2, 0) is 9.53 Å². The van der Waals surface area contributed by atoms with Gasteiger partial charge in [0.15, 0.2) is 0 Å². The van der Waals surface area contributed by atoms with Crippen molar-refractivity contribution in [2.24, 2.45) is 17.3 Å². The molecule has 3 atom stereocenters. The van der Waals surface area contributed by atoms with Gasteiger partial charge < -0.3 is 9.47 Å². The highest BCUT2D eigenvalue weighted by molar-refractivity contribution is 5.78. The Morgan fingerprint density at radius 2 is 1.90 bits per heavy atom. The van der Waals surface area contributed by atoms with E-state index >= 15 is 0 Å². The Hall–Kier alpha value is -3.13. The van der Waals surface area contributed by atoms with Gasteiger partial charge in [0.05, 0.1) is 11.6 Å². The molecule has 5 heteroatoms. The fraction of sp³-hybridized carbons (Fsp3) is 0.400. The second kappa shape index (κ2) is 8.31. The van der Waals surface area contributed by atoms with E-state index in [0.29, 0.717) is 17.3 Å². The van der Waals surface area contributed by atoms with Crippen LogP contribution in [0, 0.1) is 28.6 Å². The lowest BCUT2D eigenvalue weighted by molar-refractivity contribution is -0.149. The van der Waals surface area contributed by atoms with Gasteiger partial charge in [0.25, 0.3) is 0 Å². The molecule has 1 heterocycles. The normalized spacial score (nSPS) is 22.6. The molecule has 0 amide bonds. The lowest BCUT2D eigenvalue weighted by Gasteiger charge is -2.12. The van der Waals surface area contributed by atoms with Gasteiger partial charge >= 0.3 is 5.97 Å². The molecule has 4 rings (SSSR count). The Morgan fingerprint density at radius 3 is 2.60 bits per heavy atom. The van der Waals surface area contributed by atoms with E-state index in [4.69, 9.17) is 9.47 Å². The summed E-state index contributed by atoms with van der Waals surface area (Å²) in [6, 6.07) is 16.5. The van der Waals surface area contributed by atoms with E-state index in [2.05, 4.69) is 31.0 Å². The fourth-order valence-corrected chi connectivity index (χ4v) is 4.27. The SMILES string of the molecule is CC1(C)[C@H](C=C2CCCC2)[C@H]1C(=O)O[C@@H](C#N)c1cccc(Oc2ccccc2)n1. The molecular formula is C25H26N2O3. The number of carbonyl (C=O) groups excluding carboxylic acids is 1. The zero-order valence-corrected chi connectivity index (χ0v) is 17.4. The number of hydrogen-bond donors (Lipinski definition) is 0. The molecule has 1 aromatic carbocycles. The van der Waals surface area contributed by atoms with Crippen LogP contribution in [0.2, 0.25) is 0 Å². The third kappa shape index (κ3) is 4.23. The molecule has 30 heavy (non-hydrogen) atoms. The van der Waals surface area contributed by atoms with Crippen LogP contribution in [0.25, 0.3) is 0 Å². The Balaban J connectivity index is 1.45. The highest BCUT2D eigenvalue weighted by Gasteiger charge is 2.61. The number of aromatic nitrogens is 1. The van der Waals surface area contributed by atoms with E-state index in [9.17, 15) is 10.1 Å². The quantitative estimate of drug-likeness (QED) is 0.454. The van der Waals surface area contributed by atoms with E-state index in [1.807, 2.05) is 30.3 Å². The van der Waals surface area contributed by atoms with Crippen molar-refractivity contribution < 1.29 is 14.3 Å². The molecule has 0 N–H and O–H groups in total. The standard InChI is InChI=1S/C25H26N2O3/c1-25(2)19(15-17-9-6-7-10-17)23(25)24(28)30-21(16-26)20-13-8-14-22(27-20)29-18-11-4-3-5-12-18/h3-5,8,11-15,19,21,23H,6-7,9-10H2,1-2H3/t19-,21+,23+/m1/s1. The molecule has 0 spiro atoms. The van der Waals surface area contributed by atoms with Gasteiger partial charge in [0.2, 0.25) is 12.0 Å². The minimum Gasteiger partial charge on any atom is -0.440 e. The average Bonchev–Trinajstić information content (AvgIpc) is 3.07. The third-order valence-corrected chi connectivity index (χ3v) is 6.16. The summed E-state index contributed by atoms with van der Waals surface area (Å²) in [4.78, 5) is 17.2. The van der Waals surface area contributed by atoms with E-state index in [-0.39, 0.29) is 23.2 Å². The van der Waals surface area contributed by atoms with Crippen molar-refractivity contribution in [3.05, 3.63) is 65.9 Å². The number of benzene rings is 1. The van der Waals surface area contributed by atoms with Crippen LogP contribution < -0.4 is 4.74 Å². The van der Waals surface area contributed by atoms with Crippen molar-refractivity contribution in [1.29, 1.82) is 5.26 Å². The molecule has 0 aliphatic heterocycles. The summed E-state index contributed by atoms with van der Waals surface area (Å²) < 4.78 is 11.3. The van der Waals surface area contributed by atoms with Crippen molar-refractivity contribution in [2.75, 3.05) is 0 Å². The van der Waals surface area contributed by atoms with Crippen molar-refractivity contribution in [3.63, 3.8) is 0 Å². The highest BCUT2D eigenvalue weighted by atomic mass is 16.5. The van der Waals surface area contributed by atoms with Crippen LogP contribution in [0.4, 0.5) is 0 Å². The van der Waals surface area contributed by atoms with Gasteiger partial charge in [-0.05, 0) is 55.2 Å². The van der Waals surface area contributed by atoms with Crippen LogP contribution in [0.1, 0.15) is 51.3 Å². The number of nitriles is 1. The van der Waals surface area contributed by atoms with Gasteiger partial charge in [-0.1, -0.05) is 49.8 Å². The summed E-state index contributed by atoms with van der Waals surface area (Å²) in [5.74, 6) is 0.631. The number of carbonyl (C=O) groups is 1. The lowest BCUT2D eigenvalue weighted by atomic mass is 10.1. The average molecular weight is 402 g/mol. The molecule has 5 nitrogen and oxygen atoms in total. The molecule has 1 aromatic heterocycles. The van der Waals surface area contributed by atoms with Crippen molar-refractivity contribution >= 4 is 5.97 Å². The maximum absolute atomic E-state index is 12.9. The second-order valence-electron chi connectivity index (χ2n) is 8.62. The number of para-hydroxylation sites is 1. The third-order valence-electron chi connectivity index (χ3n) is 6.16. The Kier molecular flexibility index (Phi) is 5.59. The summed E-state index contributed by atoms with van der Waals surface area (Å²) in [5, 5.41) is 9.62. The van der Waals surface area contributed by atoms with Crippen LogP contribution >= 0.6 is 0 Å². The van der Waals surface area contributed by atoms with Gasteiger partial charge in [-0.3, -0.25) is 4.79 Å². The summed E-state index contributed by atoms with van der Waals surface area (Å²) in [6.45, 7) is 4.17. The highest BCUT2D eigenvalue weighted by Crippen LogP contribution is 2.60. The molecule has 2 aromatic rings. The van der Waals surface area contributed by atoms with Crippen LogP contribution in [-0.4, -0.2) is 11.0 Å². The largest absolute Gasteiger partial charge is 0.440 e. The maximum Gasteiger partial charge on any atom is 0.311 e. The van der Waals surface area contributed by atoms with Crippen LogP contribution in [0.5, 0.6) is 11.6 Å². The minimum absolute atomic E-state index is 0.140. The fourth-order valence-electron chi connectivity index (χ4n) is 4.27. The zero-order chi connectivity index (χ0) is 21.1. The predicted octanol–water partition coefficient (Wildman–Crippen LogP) is 5.75. The van der Waals surface area contributed by atoms with Crippen LogP contribution in [0.15, 0.2) is 60.2 Å². The van der Waals surface area contributed by atoms with Gasteiger partial charge in [-0.25, -0.2) is 4.98 Å². The van der Waals surface area contributed by atoms with Gasteiger partial charge in [0, 0.05) is 6.07 Å². The molecule has 0 unspecified atom stereocenters. The van der Waals surface area contributed by atoms with Crippen molar-refractivity contribution in [3.8, 4) is 17.7 Å². The first kappa shape index (κ1) is 20.2. The van der Waals surface area contributed by atoms with E-state index in [0.717, 1.165) is 12.8 Å². The zero-order valence-electron chi connectivity index (χ0n) is 17.4. The first-order valence-electron chi connectivity index (χ1n) is 10.5. The monoisotopic (exact) mass is 402 g/mol. The molecule has 0 saturated heterocycles. The van der Waals surface area contributed by atoms with E-state index < -0.39 is 6.10 Å². The molecular weight excluding hydrogens is 376 g/mol. The van der Waals surface area contributed by atoms with Gasteiger partial charge in [-0.15, -0.1) is 0 Å². The molecule has 2 fully saturated rings. The molecule has 2 saturated carbocycles. The van der Waals surface area contributed by atoms with Gasteiger partial charge in [-0.2, -0.15) is 5.26 Å².